The monoisotopic (exact) mass is 254 g/mol. The molecule has 0 spiro atoms. The molecule has 0 aromatic carbocycles. The van der Waals surface area contributed by atoms with E-state index in [1.54, 1.807) is 19.2 Å². The van der Waals surface area contributed by atoms with Crippen molar-refractivity contribution in [1.29, 1.82) is 0 Å². The van der Waals surface area contributed by atoms with Crippen LogP contribution in [0.2, 0.25) is 5.15 Å². The average Bonchev–Trinajstić information content (AvgIpc) is 2.80. The minimum Gasteiger partial charge on any atom is -0.396 e. The Morgan fingerprint density at radius 3 is 3.12 bits per heavy atom. The number of nitrogens with two attached hydrogens (primary N) is 1. The highest BCUT2D eigenvalue weighted by Crippen LogP contribution is 2.29. The van der Waals surface area contributed by atoms with E-state index < -0.39 is 0 Å². The zero-order valence-corrected chi connectivity index (χ0v) is 10.4. The molecule has 5 nitrogen and oxygen atoms in total. The molecule has 0 aliphatic carbocycles. The highest BCUT2D eigenvalue weighted by molar-refractivity contribution is 6.29. The second-order valence-electron chi connectivity index (χ2n) is 4.01. The Morgan fingerprint density at radius 2 is 2.41 bits per heavy atom. The Hall–Kier alpha value is -1.49. The summed E-state index contributed by atoms with van der Waals surface area (Å²) in [7, 11) is 1.63. The maximum atomic E-state index is 11.7. The fourth-order valence-corrected chi connectivity index (χ4v) is 2.27. The summed E-state index contributed by atoms with van der Waals surface area (Å²) in [6.07, 6.45) is 1.76. The third-order valence-electron chi connectivity index (χ3n) is 2.95. The predicted octanol–water partition coefficient (Wildman–Crippen LogP) is 1.03. The molecule has 1 aromatic heterocycles. The van der Waals surface area contributed by atoms with E-state index >= 15 is 0 Å². The zero-order valence-electron chi connectivity index (χ0n) is 9.61. The topological polar surface area (TPSA) is 71.2 Å². The number of halogens is 1. The Labute approximate surface area is 105 Å². The molecule has 0 saturated carbocycles. The van der Waals surface area contributed by atoms with Crippen LogP contribution in [0.4, 0.5) is 11.5 Å². The number of anilines is 2. The Bertz CT molecular complexity index is 437. The summed E-state index contributed by atoms with van der Waals surface area (Å²) in [5.74, 6) is 0.590. The first-order valence-electron chi connectivity index (χ1n) is 5.53. The number of nitrogens with zero attached hydrogens (tertiary/aromatic N) is 2. The van der Waals surface area contributed by atoms with Crippen molar-refractivity contribution in [2.24, 2.45) is 0 Å². The number of aromatic nitrogens is 1. The van der Waals surface area contributed by atoms with Gasteiger partial charge in [-0.2, -0.15) is 0 Å². The van der Waals surface area contributed by atoms with Crippen LogP contribution >= 0.6 is 11.6 Å². The van der Waals surface area contributed by atoms with Gasteiger partial charge in [0.25, 0.3) is 0 Å². The molecule has 1 unspecified atom stereocenters. The zero-order chi connectivity index (χ0) is 12.4. The first kappa shape index (κ1) is 12.0. The van der Waals surface area contributed by atoms with Gasteiger partial charge in [-0.15, -0.1) is 0 Å². The van der Waals surface area contributed by atoms with Crippen LogP contribution < -0.4 is 16.0 Å². The van der Waals surface area contributed by atoms with Crippen LogP contribution in [0.15, 0.2) is 12.1 Å². The summed E-state index contributed by atoms with van der Waals surface area (Å²) >= 11 is 5.86. The smallest absolute Gasteiger partial charge is 0.242 e. The molecule has 0 radical (unpaired) electrons. The van der Waals surface area contributed by atoms with Gasteiger partial charge < -0.3 is 16.0 Å². The lowest BCUT2D eigenvalue weighted by atomic mass is 10.2. The number of carbonyl (C=O) groups is 1. The molecule has 2 rings (SSSR count). The summed E-state index contributed by atoms with van der Waals surface area (Å²) in [5.41, 5.74) is 6.43. The van der Waals surface area contributed by atoms with Crippen LogP contribution in [0.3, 0.4) is 0 Å². The molecular formula is C11H15ClN4O. The molecule has 3 N–H and O–H groups in total. The number of nitrogens with one attached hydrogen (secondary N) is 1. The number of likely N-dealkylation sites (N-methyl/N-ethyl adjacent to an activating group) is 1. The molecule has 17 heavy (non-hydrogen) atoms. The van der Waals surface area contributed by atoms with E-state index in [2.05, 4.69) is 10.3 Å². The molecular weight excluding hydrogens is 240 g/mol. The minimum atomic E-state index is -0.201. The Balaban J connectivity index is 2.32. The van der Waals surface area contributed by atoms with Crippen molar-refractivity contribution < 1.29 is 4.79 Å². The van der Waals surface area contributed by atoms with Gasteiger partial charge in [0.05, 0.1) is 5.69 Å². The van der Waals surface area contributed by atoms with Gasteiger partial charge in [0.2, 0.25) is 5.91 Å². The van der Waals surface area contributed by atoms with E-state index in [9.17, 15) is 4.79 Å². The molecule has 2 heterocycles. The summed E-state index contributed by atoms with van der Waals surface area (Å²) < 4.78 is 0. The minimum absolute atomic E-state index is 0.0105. The number of pyridine rings is 1. The maximum Gasteiger partial charge on any atom is 0.242 e. The molecule has 1 aliphatic heterocycles. The van der Waals surface area contributed by atoms with Crippen LogP contribution in [0.5, 0.6) is 0 Å². The first-order chi connectivity index (χ1) is 8.13. The predicted molar refractivity (Wildman–Crippen MR) is 68.1 cm³/mol. The lowest BCUT2D eigenvalue weighted by Crippen LogP contribution is -2.42. The first-order valence-corrected chi connectivity index (χ1v) is 5.91. The highest BCUT2D eigenvalue weighted by atomic mass is 35.5. The summed E-state index contributed by atoms with van der Waals surface area (Å²) in [6, 6.07) is 3.16. The summed E-state index contributed by atoms with van der Waals surface area (Å²) in [6.45, 7) is 0.773. The summed E-state index contributed by atoms with van der Waals surface area (Å²) in [5, 5.41) is 3.04. The molecule has 1 atom stereocenters. The molecule has 0 bridgehead atoms. The largest absolute Gasteiger partial charge is 0.396 e. The summed E-state index contributed by atoms with van der Waals surface area (Å²) in [4.78, 5) is 17.9. The van der Waals surface area contributed by atoms with Gasteiger partial charge in [-0.1, -0.05) is 11.6 Å². The van der Waals surface area contributed by atoms with Crippen LogP contribution in [-0.4, -0.2) is 30.5 Å². The average molecular weight is 255 g/mol. The van der Waals surface area contributed by atoms with E-state index in [4.69, 9.17) is 17.3 Å². The van der Waals surface area contributed by atoms with E-state index in [-0.39, 0.29) is 11.9 Å². The van der Waals surface area contributed by atoms with Gasteiger partial charge in [0.1, 0.15) is 11.2 Å². The fourth-order valence-electron chi connectivity index (χ4n) is 2.13. The van der Waals surface area contributed by atoms with Gasteiger partial charge in [-0.3, -0.25) is 4.79 Å². The van der Waals surface area contributed by atoms with Crippen LogP contribution in [0, 0.1) is 0 Å². The molecule has 6 heteroatoms. The van der Waals surface area contributed by atoms with Gasteiger partial charge in [-0.25, -0.2) is 4.98 Å². The SMILES string of the molecule is CNC(=O)C1CCCN1c1nc(Cl)ccc1N. The van der Waals surface area contributed by atoms with Gasteiger partial charge in [0, 0.05) is 13.6 Å². The normalized spacial score (nSPS) is 19.4. The number of nitrogen functional groups attached to an aromatic ring is 1. The van der Waals surface area contributed by atoms with Crippen molar-refractivity contribution in [2.75, 3.05) is 24.2 Å². The highest BCUT2D eigenvalue weighted by Gasteiger charge is 2.32. The van der Waals surface area contributed by atoms with E-state index in [1.165, 1.54) is 0 Å². The quantitative estimate of drug-likeness (QED) is 0.774. The lowest BCUT2D eigenvalue weighted by molar-refractivity contribution is -0.121. The number of amides is 1. The van der Waals surface area contributed by atoms with Crippen LogP contribution in [0.1, 0.15) is 12.8 Å². The van der Waals surface area contributed by atoms with Crippen LogP contribution in [0.25, 0.3) is 0 Å². The van der Waals surface area contributed by atoms with Gasteiger partial charge in [-0.05, 0) is 25.0 Å². The maximum absolute atomic E-state index is 11.7. The van der Waals surface area contributed by atoms with Crippen molar-refractivity contribution in [3.63, 3.8) is 0 Å². The van der Waals surface area contributed by atoms with Crippen molar-refractivity contribution in [3.8, 4) is 0 Å². The third-order valence-corrected chi connectivity index (χ3v) is 3.16. The molecule has 1 aliphatic rings. The molecule has 1 aromatic rings. The van der Waals surface area contributed by atoms with Crippen molar-refractivity contribution in [1.82, 2.24) is 10.3 Å². The second-order valence-corrected chi connectivity index (χ2v) is 4.40. The van der Waals surface area contributed by atoms with Crippen molar-refractivity contribution in [3.05, 3.63) is 17.3 Å². The Kier molecular flexibility index (Phi) is 3.38. The van der Waals surface area contributed by atoms with E-state index in [0.29, 0.717) is 16.7 Å². The van der Waals surface area contributed by atoms with Gasteiger partial charge in [0.15, 0.2) is 5.82 Å². The molecule has 1 saturated heterocycles. The number of hydrogen-bond acceptors (Lipinski definition) is 4. The standard InChI is InChI=1S/C11H15ClN4O/c1-14-11(17)8-3-2-6-16(8)10-7(13)4-5-9(12)15-10/h4-5,8H,2-3,6,13H2,1H3,(H,14,17). The number of rotatable bonds is 2. The molecule has 1 fully saturated rings. The second kappa shape index (κ2) is 4.79. The van der Waals surface area contributed by atoms with Gasteiger partial charge >= 0.3 is 0 Å². The Morgan fingerprint density at radius 1 is 1.65 bits per heavy atom. The third kappa shape index (κ3) is 2.29. The molecule has 1 amide bonds. The van der Waals surface area contributed by atoms with Crippen molar-refractivity contribution in [2.45, 2.75) is 18.9 Å². The molecule has 92 valence electrons. The van der Waals surface area contributed by atoms with Crippen molar-refractivity contribution >= 4 is 29.0 Å². The fraction of sp³-hybridized carbons (Fsp3) is 0.455. The van der Waals surface area contributed by atoms with E-state index in [1.807, 2.05) is 4.90 Å². The van der Waals surface area contributed by atoms with E-state index in [0.717, 1.165) is 19.4 Å². The lowest BCUT2D eigenvalue weighted by Gasteiger charge is -2.25. The van der Waals surface area contributed by atoms with Crippen LogP contribution in [-0.2, 0) is 4.79 Å². The number of hydrogen-bond donors (Lipinski definition) is 2. The number of carbonyl (C=O) groups excluding carboxylic acids is 1.